The highest BCUT2D eigenvalue weighted by molar-refractivity contribution is 6.30. The summed E-state index contributed by atoms with van der Waals surface area (Å²) in [5.41, 5.74) is 3.70. The molecule has 1 heterocycles. The molecule has 4 rings (SSSR count). The Labute approximate surface area is 199 Å². The lowest BCUT2D eigenvalue weighted by molar-refractivity contribution is -0.118. The number of benzene rings is 3. The fraction of sp³-hybridized carbons (Fsp3) is 0.296. The van der Waals surface area contributed by atoms with Crippen LogP contribution < -0.4 is 19.1 Å². The zero-order valence-corrected chi connectivity index (χ0v) is 20.1. The molecule has 3 aromatic carbocycles. The van der Waals surface area contributed by atoms with Crippen molar-refractivity contribution in [1.82, 2.24) is 0 Å². The van der Waals surface area contributed by atoms with E-state index in [0.717, 1.165) is 34.5 Å². The Bertz CT molecular complexity index is 1130. The quantitative estimate of drug-likeness (QED) is 0.416. The third-order valence-corrected chi connectivity index (χ3v) is 6.28. The topological polar surface area (TPSA) is 48.0 Å². The number of carbonyl (C=O) groups is 1. The molecular formula is C27H28ClNO4. The lowest BCUT2D eigenvalue weighted by Gasteiger charge is -2.38. The molecule has 1 aliphatic rings. The average molecular weight is 466 g/mol. The molecule has 0 fully saturated rings. The van der Waals surface area contributed by atoms with Crippen LogP contribution in [0.1, 0.15) is 43.0 Å². The monoisotopic (exact) mass is 465 g/mol. The van der Waals surface area contributed by atoms with Crippen LogP contribution in [-0.2, 0) is 11.2 Å². The van der Waals surface area contributed by atoms with Crippen molar-refractivity contribution in [3.8, 4) is 17.2 Å². The fourth-order valence-corrected chi connectivity index (χ4v) is 4.24. The summed E-state index contributed by atoms with van der Waals surface area (Å²) in [7, 11) is 3.25. The van der Waals surface area contributed by atoms with Gasteiger partial charge < -0.3 is 19.1 Å². The number of halogens is 1. The molecule has 2 atom stereocenters. The van der Waals surface area contributed by atoms with Gasteiger partial charge in [-0.05, 0) is 78.6 Å². The van der Waals surface area contributed by atoms with Crippen LogP contribution in [0.15, 0.2) is 60.7 Å². The first kappa shape index (κ1) is 23.0. The molecule has 0 saturated carbocycles. The van der Waals surface area contributed by atoms with Crippen molar-refractivity contribution < 1.29 is 19.0 Å². The molecule has 0 saturated heterocycles. The lowest BCUT2D eigenvalue weighted by Crippen LogP contribution is -2.41. The number of anilines is 1. The number of methoxy groups -OCH3 is 2. The van der Waals surface area contributed by atoms with Gasteiger partial charge in [-0.25, -0.2) is 0 Å². The smallest absolute Gasteiger partial charge is 0.232 e. The van der Waals surface area contributed by atoms with Gasteiger partial charge in [0.2, 0.25) is 5.91 Å². The number of ether oxygens (including phenoxy) is 3. The van der Waals surface area contributed by atoms with E-state index < -0.39 is 0 Å². The highest BCUT2D eigenvalue weighted by Gasteiger charge is 2.36. The Morgan fingerprint density at radius 1 is 1.00 bits per heavy atom. The van der Waals surface area contributed by atoms with Crippen molar-refractivity contribution in [3.05, 3.63) is 82.4 Å². The van der Waals surface area contributed by atoms with Crippen molar-refractivity contribution in [1.29, 1.82) is 0 Å². The Balaban J connectivity index is 1.89. The van der Waals surface area contributed by atoms with Crippen LogP contribution in [0, 0.1) is 0 Å². The van der Waals surface area contributed by atoms with E-state index in [-0.39, 0.29) is 24.5 Å². The third-order valence-electron chi connectivity index (χ3n) is 6.03. The van der Waals surface area contributed by atoms with Crippen molar-refractivity contribution >= 4 is 23.2 Å². The minimum atomic E-state index is -0.336. The van der Waals surface area contributed by atoms with Crippen LogP contribution in [0.2, 0.25) is 5.02 Å². The van der Waals surface area contributed by atoms with Gasteiger partial charge in [0.1, 0.15) is 5.75 Å². The van der Waals surface area contributed by atoms with Crippen molar-refractivity contribution in [3.63, 3.8) is 0 Å². The van der Waals surface area contributed by atoms with E-state index >= 15 is 0 Å². The third kappa shape index (κ3) is 4.64. The van der Waals surface area contributed by atoms with Gasteiger partial charge in [0.15, 0.2) is 11.5 Å². The molecule has 33 heavy (non-hydrogen) atoms. The van der Waals surface area contributed by atoms with Gasteiger partial charge in [0.25, 0.3) is 0 Å². The van der Waals surface area contributed by atoms with Crippen molar-refractivity contribution in [2.75, 3.05) is 19.1 Å². The van der Waals surface area contributed by atoms with Gasteiger partial charge in [-0.1, -0.05) is 30.7 Å². The molecule has 0 spiro atoms. The van der Waals surface area contributed by atoms with Crippen LogP contribution in [0.25, 0.3) is 0 Å². The molecule has 5 nitrogen and oxygen atoms in total. The summed E-state index contributed by atoms with van der Waals surface area (Å²) >= 11 is 6.17. The van der Waals surface area contributed by atoms with Crippen molar-refractivity contribution in [2.45, 2.75) is 38.8 Å². The second-order valence-corrected chi connectivity index (χ2v) is 8.57. The Kier molecular flexibility index (Phi) is 6.80. The summed E-state index contributed by atoms with van der Waals surface area (Å²) < 4.78 is 17.1. The van der Waals surface area contributed by atoms with Crippen LogP contribution in [-0.4, -0.2) is 26.2 Å². The first-order chi connectivity index (χ1) is 15.9. The minimum absolute atomic E-state index is 0.00487. The number of hydrogen-bond acceptors (Lipinski definition) is 4. The standard InChI is InChI=1S/C27H28ClNO4/c1-5-17(2)33-25-16-23-19(14-24(25)32-4)15-26(30)29(21-10-12-22(31-3)13-11-21)27(23)18-6-8-20(28)9-7-18/h6-14,16-17,27H,5,15H2,1-4H3/t17-,27-/m0/s1. The zero-order chi connectivity index (χ0) is 23.5. The molecule has 0 N–H and O–H groups in total. The molecular weight excluding hydrogens is 438 g/mol. The van der Waals surface area contributed by atoms with Gasteiger partial charge in [-0.3, -0.25) is 4.79 Å². The molecule has 0 radical (unpaired) electrons. The van der Waals surface area contributed by atoms with Gasteiger partial charge in [-0.15, -0.1) is 0 Å². The normalized spacial score (nSPS) is 16.2. The molecule has 0 bridgehead atoms. The Morgan fingerprint density at radius 2 is 1.70 bits per heavy atom. The second-order valence-electron chi connectivity index (χ2n) is 8.13. The number of carbonyl (C=O) groups excluding carboxylic acids is 1. The van der Waals surface area contributed by atoms with Crippen LogP contribution in [0.5, 0.6) is 17.2 Å². The van der Waals surface area contributed by atoms with Gasteiger partial charge in [-0.2, -0.15) is 0 Å². The minimum Gasteiger partial charge on any atom is -0.497 e. The molecule has 1 aliphatic heterocycles. The number of hydrogen-bond donors (Lipinski definition) is 0. The molecule has 0 aromatic heterocycles. The summed E-state index contributed by atoms with van der Waals surface area (Å²) in [4.78, 5) is 15.3. The molecule has 0 unspecified atom stereocenters. The Hall–Kier alpha value is -3.18. The summed E-state index contributed by atoms with van der Waals surface area (Å²) in [6.45, 7) is 4.11. The molecule has 1 amide bonds. The van der Waals surface area contributed by atoms with E-state index in [1.165, 1.54) is 0 Å². The van der Waals surface area contributed by atoms with E-state index in [2.05, 4.69) is 6.92 Å². The first-order valence-electron chi connectivity index (χ1n) is 11.0. The summed E-state index contributed by atoms with van der Waals surface area (Å²) in [6, 6.07) is 18.8. The van der Waals surface area contributed by atoms with Gasteiger partial charge in [0, 0.05) is 10.7 Å². The molecule has 0 aliphatic carbocycles. The van der Waals surface area contributed by atoms with E-state index in [0.29, 0.717) is 16.5 Å². The summed E-state index contributed by atoms with van der Waals surface area (Å²) in [5, 5.41) is 0.646. The maximum Gasteiger partial charge on any atom is 0.232 e. The van der Waals surface area contributed by atoms with Crippen molar-refractivity contribution in [2.24, 2.45) is 0 Å². The van der Waals surface area contributed by atoms with E-state index in [9.17, 15) is 4.79 Å². The molecule has 6 heteroatoms. The summed E-state index contributed by atoms with van der Waals surface area (Å²) in [6.07, 6.45) is 1.18. The second kappa shape index (κ2) is 9.75. The van der Waals surface area contributed by atoms with Gasteiger partial charge >= 0.3 is 0 Å². The van der Waals surface area contributed by atoms with Crippen LogP contribution in [0.3, 0.4) is 0 Å². The average Bonchev–Trinajstić information content (AvgIpc) is 2.83. The predicted molar refractivity (Wildman–Crippen MR) is 131 cm³/mol. The van der Waals surface area contributed by atoms with E-state index in [1.54, 1.807) is 14.2 Å². The maximum atomic E-state index is 13.5. The molecule has 3 aromatic rings. The number of amides is 1. The molecule has 172 valence electrons. The number of nitrogens with zero attached hydrogens (tertiary/aromatic N) is 1. The van der Waals surface area contributed by atoms with Crippen LogP contribution in [0.4, 0.5) is 5.69 Å². The fourth-order valence-electron chi connectivity index (χ4n) is 4.12. The SMILES string of the molecule is CC[C@H](C)Oc1cc2c(cc1OC)CC(=O)N(c1ccc(OC)cc1)[C@H]2c1ccc(Cl)cc1. The Morgan fingerprint density at radius 3 is 2.30 bits per heavy atom. The van der Waals surface area contributed by atoms with E-state index in [1.807, 2.05) is 72.5 Å². The highest BCUT2D eigenvalue weighted by atomic mass is 35.5. The van der Waals surface area contributed by atoms with Crippen LogP contribution >= 0.6 is 11.6 Å². The zero-order valence-electron chi connectivity index (χ0n) is 19.3. The lowest BCUT2D eigenvalue weighted by atomic mass is 9.86. The van der Waals surface area contributed by atoms with E-state index in [4.69, 9.17) is 25.8 Å². The van der Waals surface area contributed by atoms with Gasteiger partial charge in [0.05, 0.1) is 32.8 Å². The number of fused-ring (bicyclic) bond motifs is 1. The predicted octanol–water partition coefficient (Wildman–Crippen LogP) is 6.21. The first-order valence-corrected chi connectivity index (χ1v) is 11.4. The number of rotatable bonds is 7. The largest absolute Gasteiger partial charge is 0.497 e. The highest BCUT2D eigenvalue weighted by Crippen LogP contribution is 2.44. The summed E-state index contributed by atoms with van der Waals surface area (Å²) in [5.74, 6) is 2.05. The maximum absolute atomic E-state index is 13.5.